The van der Waals surface area contributed by atoms with Crippen LogP contribution in [-0.4, -0.2) is 57.1 Å². The van der Waals surface area contributed by atoms with Crippen molar-refractivity contribution < 1.29 is 22.7 Å². The van der Waals surface area contributed by atoms with Gasteiger partial charge in [0.05, 0.1) is 19.1 Å². The summed E-state index contributed by atoms with van der Waals surface area (Å²) < 4.78 is 31.3. The van der Waals surface area contributed by atoms with Crippen molar-refractivity contribution in [2.45, 2.75) is 45.8 Å². The van der Waals surface area contributed by atoms with Crippen LogP contribution < -0.4 is 14.4 Å². The number of anilines is 1. The highest BCUT2D eigenvalue weighted by Gasteiger charge is 2.30. The molecule has 186 valence electrons. The number of benzene rings is 2. The molecule has 0 unspecified atom stereocenters. The fraction of sp³-hybridized carbons (Fsp3) is 0.417. The molecule has 2 aromatic rings. The average molecular weight is 510 g/mol. The predicted octanol–water partition coefficient (Wildman–Crippen LogP) is 3.45. The van der Waals surface area contributed by atoms with Gasteiger partial charge < -0.3 is 15.0 Å². The van der Waals surface area contributed by atoms with E-state index >= 15 is 0 Å². The van der Waals surface area contributed by atoms with Gasteiger partial charge >= 0.3 is 0 Å². The van der Waals surface area contributed by atoms with Gasteiger partial charge in [0.2, 0.25) is 21.8 Å². The van der Waals surface area contributed by atoms with Crippen molar-refractivity contribution >= 4 is 39.1 Å². The van der Waals surface area contributed by atoms with E-state index in [-0.39, 0.29) is 18.5 Å². The molecule has 0 fully saturated rings. The van der Waals surface area contributed by atoms with Crippen molar-refractivity contribution in [3.63, 3.8) is 0 Å². The summed E-state index contributed by atoms with van der Waals surface area (Å²) in [6, 6.07) is 12.4. The van der Waals surface area contributed by atoms with Crippen LogP contribution >= 0.6 is 11.6 Å². The van der Waals surface area contributed by atoms with Crippen molar-refractivity contribution in [1.29, 1.82) is 0 Å². The number of carbonyl (C=O) groups is 2. The fourth-order valence-corrected chi connectivity index (χ4v) is 4.21. The molecule has 2 rings (SSSR count). The highest BCUT2D eigenvalue weighted by Crippen LogP contribution is 2.22. The molecule has 0 heterocycles. The number of amides is 2. The molecule has 0 bridgehead atoms. The monoisotopic (exact) mass is 509 g/mol. The van der Waals surface area contributed by atoms with Gasteiger partial charge in [0, 0.05) is 17.6 Å². The Morgan fingerprint density at radius 3 is 2.32 bits per heavy atom. The minimum atomic E-state index is -3.79. The second-order valence-electron chi connectivity index (χ2n) is 8.11. The highest BCUT2D eigenvalue weighted by atomic mass is 35.5. The Morgan fingerprint density at radius 2 is 1.76 bits per heavy atom. The van der Waals surface area contributed by atoms with Crippen molar-refractivity contribution in [1.82, 2.24) is 10.2 Å². The van der Waals surface area contributed by atoms with Crippen molar-refractivity contribution in [2.75, 3.05) is 24.2 Å². The van der Waals surface area contributed by atoms with Crippen LogP contribution in [0.2, 0.25) is 5.02 Å². The summed E-state index contributed by atoms with van der Waals surface area (Å²) in [6.45, 7) is 5.09. The number of carbonyl (C=O) groups excluding carboxylic acids is 2. The molecule has 0 aliphatic heterocycles. The third-order valence-electron chi connectivity index (χ3n) is 5.45. The van der Waals surface area contributed by atoms with Crippen LogP contribution in [0.1, 0.15) is 32.8 Å². The summed E-state index contributed by atoms with van der Waals surface area (Å²) >= 11 is 5.93. The van der Waals surface area contributed by atoms with E-state index in [1.165, 1.54) is 17.0 Å². The van der Waals surface area contributed by atoms with Crippen LogP contribution in [0.15, 0.2) is 48.5 Å². The molecule has 0 aliphatic rings. The number of hydrogen-bond acceptors (Lipinski definition) is 5. The van der Waals surface area contributed by atoms with Crippen LogP contribution in [0.4, 0.5) is 5.69 Å². The molecule has 0 aromatic heterocycles. The van der Waals surface area contributed by atoms with Crippen LogP contribution in [0, 0.1) is 0 Å². The summed E-state index contributed by atoms with van der Waals surface area (Å²) in [5, 5.41) is 3.33. The maximum Gasteiger partial charge on any atom is 0.244 e. The van der Waals surface area contributed by atoms with Crippen LogP contribution in [0.3, 0.4) is 0 Å². The number of sulfonamides is 1. The van der Waals surface area contributed by atoms with E-state index in [0.717, 1.165) is 22.5 Å². The number of ether oxygens (including phenoxy) is 1. The third kappa shape index (κ3) is 7.63. The Hall–Kier alpha value is -2.78. The molecule has 2 amide bonds. The van der Waals surface area contributed by atoms with E-state index < -0.39 is 28.5 Å². The molecule has 8 nitrogen and oxygen atoms in total. The number of halogens is 1. The quantitative estimate of drug-likeness (QED) is 0.500. The van der Waals surface area contributed by atoms with Gasteiger partial charge in [0.25, 0.3) is 0 Å². The van der Waals surface area contributed by atoms with E-state index in [9.17, 15) is 18.0 Å². The van der Waals surface area contributed by atoms with Crippen LogP contribution in [-0.2, 0) is 26.2 Å². The van der Waals surface area contributed by atoms with Crippen LogP contribution in [0.5, 0.6) is 5.75 Å². The van der Waals surface area contributed by atoms with Gasteiger partial charge in [-0.1, -0.05) is 30.7 Å². The van der Waals surface area contributed by atoms with Gasteiger partial charge in [-0.25, -0.2) is 8.42 Å². The third-order valence-corrected chi connectivity index (χ3v) is 6.84. The number of nitrogens with zero attached hydrogens (tertiary/aromatic N) is 2. The van der Waals surface area contributed by atoms with Crippen molar-refractivity contribution in [3.05, 3.63) is 59.1 Å². The normalized spacial score (nSPS) is 13.0. The lowest BCUT2D eigenvalue weighted by Gasteiger charge is -2.32. The topological polar surface area (TPSA) is 96.0 Å². The maximum absolute atomic E-state index is 13.5. The average Bonchev–Trinajstić information content (AvgIpc) is 2.80. The summed E-state index contributed by atoms with van der Waals surface area (Å²) in [5.74, 6) is -0.224. The summed E-state index contributed by atoms with van der Waals surface area (Å²) in [7, 11) is -2.25. The summed E-state index contributed by atoms with van der Waals surface area (Å²) in [5.41, 5.74) is 1.05. The van der Waals surface area contributed by atoms with E-state index in [4.69, 9.17) is 16.3 Å². The standard InChI is InChI=1S/C24H32ClN3O5S/c1-6-17(2)26-24(30)18(3)27(15-19-8-7-9-22(14-19)33-4)23(29)16-28(34(5,31)32)21-12-10-20(25)11-13-21/h7-14,17-18H,6,15-16H2,1-5H3,(H,26,30)/t17-,18-/m1/s1. The van der Waals surface area contributed by atoms with Crippen molar-refractivity contribution in [3.8, 4) is 5.75 Å². The zero-order valence-electron chi connectivity index (χ0n) is 20.1. The first-order valence-electron chi connectivity index (χ1n) is 10.9. The lowest BCUT2D eigenvalue weighted by molar-refractivity contribution is -0.139. The Kier molecular flexibility index (Phi) is 9.76. The molecule has 0 radical (unpaired) electrons. The minimum absolute atomic E-state index is 0.0645. The molecule has 34 heavy (non-hydrogen) atoms. The molecule has 0 aliphatic carbocycles. The number of methoxy groups -OCH3 is 1. The Morgan fingerprint density at radius 1 is 1.12 bits per heavy atom. The first kappa shape index (κ1) is 27.5. The first-order chi connectivity index (χ1) is 16.0. The molecule has 0 spiro atoms. The number of hydrogen-bond donors (Lipinski definition) is 1. The van der Waals surface area contributed by atoms with Gasteiger partial charge in [0.15, 0.2) is 0 Å². The number of rotatable bonds is 11. The lowest BCUT2D eigenvalue weighted by Crippen LogP contribution is -2.52. The smallest absolute Gasteiger partial charge is 0.244 e. The molecule has 0 saturated carbocycles. The Bertz CT molecular complexity index is 1090. The predicted molar refractivity (Wildman–Crippen MR) is 135 cm³/mol. The summed E-state index contributed by atoms with van der Waals surface area (Å²) in [4.78, 5) is 27.7. The van der Waals surface area contributed by atoms with Gasteiger partial charge in [-0.2, -0.15) is 0 Å². The Balaban J connectivity index is 2.39. The lowest BCUT2D eigenvalue weighted by atomic mass is 10.1. The molecular weight excluding hydrogens is 478 g/mol. The second-order valence-corrected chi connectivity index (χ2v) is 10.5. The molecule has 0 saturated heterocycles. The zero-order valence-corrected chi connectivity index (χ0v) is 21.7. The van der Waals surface area contributed by atoms with Gasteiger partial charge in [-0.15, -0.1) is 0 Å². The fourth-order valence-electron chi connectivity index (χ4n) is 3.24. The second kappa shape index (κ2) is 12.1. The largest absolute Gasteiger partial charge is 0.497 e. The van der Waals surface area contributed by atoms with Gasteiger partial charge in [-0.05, 0) is 62.2 Å². The molecule has 10 heteroatoms. The van der Waals surface area contributed by atoms with Gasteiger partial charge in [-0.3, -0.25) is 13.9 Å². The van der Waals surface area contributed by atoms with Gasteiger partial charge in [0.1, 0.15) is 18.3 Å². The zero-order chi connectivity index (χ0) is 25.5. The van der Waals surface area contributed by atoms with E-state index in [0.29, 0.717) is 16.5 Å². The van der Waals surface area contributed by atoms with Crippen LogP contribution in [0.25, 0.3) is 0 Å². The van der Waals surface area contributed by atoms with Crippen molar-refractivity contribution in [2.24, 2.45) is 0 Å². The highest BCUT2D eigenvalue weighted by molar-refractivity contribution is 7.92. The Labute approximate surface area is 206 Å². The van der Waals surface area contributed by atoms with E-state index in [1.807, 2.05) is 19.9 Å². The van der Waals surface area contributed by atoms with E-state index in [2.05, 4.69) is 5.32 Å². The SMILES string of the molecule is CC[C@@H](C)NC(=O)[C@@H](C)N(Cc1cccc(OC)c1)C(=O)CN(c1ccc(Cl)cc1)S(C)(=O)=O. The number of nitrogens with one attached hydrogen (secondary N) is 1. The maximum atomic E-state index is 13.5. The van der Waals surface area contributed by atoms with E-state index in [1.54, 1.807) is 44.4 Å². The molecule has 1 N–H and O–H groups in total. The minimum Gasteiger partial charge on any atom is -0.497 e. The first-order valence-corrected chi connectivity index (χ1v) is 13.1. The molecular formula is C24H32ClN3O5S. The molecule has 2 atom stereocenters. The molecule has 2 aromatic carbocycles. The summed E-state index contributed by atoms with van der Waals surface area (Å²) in [6.07, 6.45) is 1.76.